The first-order chi connectivity index (χ1) is 18.5. The summed E-state index contributed by atoms with van der Waals surface area (Å²) in [5.74, 6) is 0.405. The molecule has 5 aromatic rings. The molecule has 8 heteroatoms. The summed E-state index contributed by atoms with van der Waals surface area (Å²) >= 11 is 7.98. The highest BCUT2D eigenvalue weighted by Crippen LogP contribution is 2.29. The quantitative estimate of drug-likeness (QED) is 0.103. The van der Waals surface area contributed by atoms with Crippen LogP contribution in [0.4, 0.5) is 0 Å². The fraction of sp³-hybridized carbons (Fsp3) is 0.0333. The van der Waals surface area contributed by atoms with Crippen LogP contribution in [-0.2, 0) is 6.61 Å². The molecule has 0 aliphatic rings. The molecule has 0 saturated carbocycles. The van der Waals surface area contributed by atoms with E-state index in [4.69, 9.17) is 9.72 Å². The zero-order valence-electron chi connectivity index (χ0n) is 19.9. The lowest BCUT2D eigenvalue weighted by Gasteiger charge is -2.12. The Morgan fingerprint density at radius 3 is 2.47 bits per heavy atom. The standard InChI is InChI=1S/C30H20BrI2N3O2/c31-22-12-10-19(11-13-22)18-38-29-21(14-23(32)15-26(29)33)17-34-36-30(37)25-16-28(20-6-2-1-3-7-20)35-27-9-5-4-8-24(25)27/h1-17H,18H2,(H,36,37)/b34-17-. The van der Waals surface area contributed by atoms with E-state index >= 15 is 0 Å². The number of nitrogens with one attached hydrogen (secondary N) is 1. The Kier molecular flexibility index (Phi) is 8.70. The first kappa shape index (κ1) is 26.8. The number of benzene rings is 4. The Bertz CT molecular complexity index is 1640. The van der Waals surface area contributed by atoms with Crippen molar-refractivity contribution in [2.75, 3.05) is 0 Å². The topological polar surface area (TPSA) is 63.6 Å². The number of hydrazone groups is 1. The molecule has 0 bridgehead atoms. The van der Waals surface area contributed by atoms with Crippen LogP contribution in [0.1, 0.15) is 21.5 Å². The van der Waals surface area contributed by atoms with Gasteiger partial charge >= 0.3 is 0 Å². The zero-order chi connectivity index (χ0) is 26.5. The van der Waals surface area contributed by atoms with Gasteiger partial charge in [-0.25, -0.2) is 10.4 Å². The number of amides is 1. The lowest BCUT2D eigenvalue weighted by atomic mass is 10.0. The van der Waals surface area contributed by atoms with Gasteiger partial charge in [0.2, 0.25) is 0 Å². The summed E-state index contributed by atoms with van der Waals surface area (Å²) < 4.78 is 9.20. The number of rotatable bonds is 7. The highest BCUT2D eigenvalue weighted by molar-refractivity contribution is 14.1. The van der Waals surface area contributed by atoms with Crippen molar-refractivity contribution in [2.45, 2.75) is 6.61 Å². The van der Waals surface area contributed by atoms with Gasteiger partial charge in [-0.05, 0) is 87.1 Å². The van der Waals surface area contributed by atoms with Crippen LogP contribution >= 0.6 is 61.1 Å². The van der Waals surface area contributed by atoms with E-state index in [1.165, 1.54) is 0 Å². The molecular weight excluding hydrogens is 768 g/mol. The Balaban J connectivity index is 1.40. The second kappa shape index (κ2) is 12.4. The molecule has 1 heterocycles. The molecule has 4 aromatic carbocycles. The SMILES string of the molecule is O=C(N/N=C\c1cc(I)cc(I)c1OCc1ccc(Br)cc1)c1cc(-c2ccccc2)nc2ccccc12. The molecule has 0 radical (unpaired) electrons. The van der Waals surface area contributed by atoms with Crippen LogP contribution < -0.4 is 10.2 Å². The molecule has 0 fully saturated rings. The highest BCUT2D eigenvalue weighted by atomic mass is 127. The summed E-state index contributed by atoms with van der Waals surface area (Å²) in [6.07, 6.45) is 1.63. The van der Waals surface area contributed by atoms with Crippen molar-refractivity contribution in [3.05, 3.63) is 125 Å². The summed E-state index contributed by atoms with van der Waals surface area (Å²) in [6.45, 7) is 0.419. The predicted octanol–water partition coefficient (Wildman–Crippen LogP) is 8.22. The molecule has 0 saturated heterocycles. The third-order valence-corrected chi connectivity index (χ3v) is 7.69. The minimum Gasteiger partial charge on any atom is -0.487 e. The van der Waals surface area contributed by atoms with Gasteiger partial charge in [-0.2, -0.15) is 5.10 Å². The maximum atomic E-state index is 13.3. The van der Waals surface area contributed by atoms with Crippen molar-refractivity contribution >= 4 is 84.1 Å². The largest absolute Gasteiger partial charge is 0.487 e. The molecular formula is C30H20BrI2N3O2. The average molecular weight is 788 g/mol. The number of hydrogen-bond donors (Lipinski definition) is 1. The lowest BCUT2D eigenvalue weighted by Crippen LogP contribution is -2.18. The zero-order valence-corrected chi connectivity index (χ0v) is 25.8. The number of pyridine rings is 1. The van der Waals surface area contributed by atoms with Gasteiger partial charge in [-0.15, -0.1) is 0 Å². The average Bonchev–Trinajstić information content (AvgIpc) is 2.93. The van der Waals surface area contributed by atoms with Crippen LogP contribution in [-0.4, -0.2) is 17.1 Å². The summed E-state index contributed by atoms with van der Waals surface area (Å²) in [6, 6.07) is 31.3. The van der Waals surface area contributed by atoms with E-state index in [0.717, 1.165) is 44.9 Å². The number of halogens is 3. The summed E-state index contributed by atoms with van der Waals surface area (Å²) in [4.78, 5) is 18.1. The molecule has 0 atom stereocenters. The molecule has 1 amide bonds. The number of nitrogens with zero attached hydrogens (tertiary/aromatic N) is 2. The Morgan fingerprint density at radius 1 is 0.947 bits per heavy atom. The second-order valence-electron chi connectivity index (χ2n) is 8.36. The van der Waals surface area contributed by atoms with Crippen LogP contribution in [0.2, 0.25) is 0 Å². The molecule has 5 nitrogen and oxygen atoms in total. The van der Waals surface area contributed by atoms with Gasteiger partial charge in [-0.1, -0.05) is 76.6 Å². The third kappa shape index (κ3) is 6.41. The molecule has 1 N–H and O–H groups in total. The van der Waals surface area contributed by atoms with Gasteiger partial charge in [0.05, 0.1) is 26.6 Å². The van der Waals surface area contributed by atoms with Crippen LogP contribution in [0.3, 0.4) is 0 Å². The molecule has 0 spiro atoms. The second-order valence-corrected chi connectivity index (χ2v) is 11.7. The van der Waals surface area contributed by atoms with Crippen molar-refractivity contribution in [1.29, 1.82) is 0 Å². The number of hydrogen-bond acceptors (Lipinski definition) is 4. The summed E-state index contributed by atoms with van der Waals surface area (Å²) in [5, 5.41) is 5.06. The fourth-order valence-electron chi connectivity index (χ4n) is 3.91. The van der Waals surface area contributed by atoms with Crippen molar-refractivity contribution in [1.82, 2.24) is 10.4 Å². The van der Waals surface area contributed by atoms with E-state index in [1.54, 1.807) is 6.21 Å². The molecule has 38 heavy (non-hydrogen) atoms. The van der Waals surface area contributed by atoms with E-state index in [2.05, 4.69) is 71.6 Å². The maximum absolute atomic E-state index is 13.3. The van der Waals surface area contributed by atoms with E-state index in [9.17, 15) is 4.79 Å². The van der Waals surface area contributed by atoms with Gasteiger partial charge in [0.15, 0.2) is 0 Å². The smallest absolute Gasteiger partial charge is 0.272 e. The van der Waals surface area contributed by atoms with Crippen LogP contribution in [0, 0.1) is 7.14 Å². The number of para-hydroxylation sites is 1. The van der Waals surface area contributed by atoms with Gasteiger partial charge in [0.1, 0.15) is 12.4 Å². The first-order valence-electron chi connectivity index (χ1n) is 11.6. The molecule has 1 aromatic heterocycles. The molecule has 0 unspecified atom stereocenters. The summed E-state index contributed by atoms with van der Waals surface area (Å²) in [7, 11) is 0. The van der Waals surface area contributed by atoms with Crippen molar-refractivity contribution in [2.24, 2.45) is 5.10 Å². The van der Waals surface area contributed by atoms with E-state index in [0.29, 0.717) is 17.9 Å². The van der Waals surface area contributed by atoms with Crippen molar-refractivity contribution < 1.29 is 9.53 Å². The Morgan fingerprint density at radius 2 is 1.68 bits per heavy atom. The van der Waals surface area contributed by atoms with E-state index in [1.807, 2.05) is 97.1 Å². The highest BCUT2D eigenvalue weighted by Gasteiger charge is 2.14. The van der Waals surface area contributed by atoms with E-state index < -0.39 is 0 Å². The Hall–Kier alpha value is -2.83. The fourth-order valence-corrected chi connectivity index (χ4v) is 6.21. The van der Waals surface area contributed by atoms with Crippen LogP contribution in [0.15, 0.2) is 107 Å². The van der Waals surface area contributed by atoms with Gasteiger partial charge < -0.3 is 4.74 Å². The predicted molar refractivity (Wildman–Crippen MR) is 173 cm³/mol. The van der Waals surface area contributed by atoms with Crippen LogP contribution in [0.5, 0.6) is 5.75 Å². The van der Waals surface area contributed by atoms with Gasteiger partial charge in [0, 0.05) is 24.6 Å². The minimum absolute atomic E-state index is 0.310. The Labute approximate surface area is 256 Å². The number of carbonyl (C=O) groups is 1. The maximum Gasteiger partial charge on any atom is 0.272 e. The minimum atomic E-state index is -0.310. The first-order valence-corrected chi connectivity index (χ1v) is 14.6. The van der Waals surface area contributed by atoms with Crippen LogP contribution in [0.25, 0.3) is 22.2 Å². The van der Waals surface area contributed by atoms with Gasteiger partial charge in [-0.3, -0.25) is 4.79 Å². The molecule has 188 valence electrons. The normalized spacial score (nSPS) is 11.1. The van der Waals surface area contributed by atoms with Gasteiger partial charge in [0.25, 0.3) is 5.91 Å². The summed E-state index contributed by atoms with van der Waals surface area (Å²) in [5.41, 5.74) is 7.47. The number of carbonyl (C=O) groups excluding carboxylic acids is 1. The molecule has 5 rings (SSSR count). The number of aromatic nitrogens is 1. The van der Waals surface area contributed by atoms with Crippen molar-refractivity contribution in [3.63, 3.8) is 0 Å². The monoisotopic (exact) mass is 787 g/mol. The molecule has 0 aliphatic carbocycles. The van der Waals surface area contributed by atoms with Crippen molar-refractivity contribution in [3.8, 4) is 17.0 Å². The number of ether oxygens (including phenoxy) is 1. The number of fused-ring (bicyclic) bond motifs is 1. The molecule has 0 aliphatic heterocycles. The third-order valence-electron chi connectivity index (χ3n) is 5.73. The lowest BCUT2D eigenvalue weighted by molar-refractivity contribution is 0.0956. The van der Waals surface area contributed by atoms with E-state index in [-0.39, 0.29) is 5.91 Å².